The van der Waals surface area contributed by atoms with E-state index in [-0.39, 0.29) is 0 Å². The van der Waals surface area contributed by atoms with Crippen molar-refractivity contribution in [2.24, 2.45) is 0 Å². The van der Waals surface area contributed by atoms with Gasteiger partial charge in [0.2, 0.25) is 0 Å². The number of aliphatic hydroxyl groups is 1. The van der Waals surface area contributed by atoms with Crippen molar-refractivity contribution in [3.05, 3.63) is 38.9 Å². The van der Waals surface area contributed by atoms with Crippen molar-refractivity contribution < 1.29 is 5.11 Å². The van der Waals surface area contributed by atoms with Crippen molar-refractivity contribution >= 4 is 39.3 Å². The minimum absolute atomic E-state index is 0.543. The molecule has 6 heteroatoms. The maximum absolute atomic E-state index is 10.8. The molecule has 0 spiro atoms. The summed E-state index contributed by atoms with van der Waals surface area (Å²) in [4.78, 5) is 0.757. The van der Waals surface area contributed by atoms with Gasteiger partial charge in [-0.15, -0.1) is 22.7 Å². The van der Waals surface area contributed by atoms with Crippen molar-refractivity contribution in [3.63, 3.8) is 0 Å². The maximum atomic E-state index is 10.8. The Morgan fingerprint density at radius 2 is 2.17 bits per heavy atom. The summed E-state index contributed by atoms with van der Waals surface area (Å²) in [5.41, 5.74) is -1.13. The lowest BCUT2D eigenvalue weighted by Gasteiger charge is -2.29. The lowest BCUT2D eigenvalue weighted by molar-refractivity contribution is 0.0628. The zero-order valence-electron chi connectivity index (χ0n) is 9.94. The molecule has 1 unspecified atom stereocenters. The van der Waals surface area contributed by atoms with Gasteiger partial charge in [-0.05, 0) is 42.6 Å². The molecule has 2 aromatic heterocycles. The van der Waals surface area contributed by atoms with Crippen LogP contribution in [-0.4, -0.2) is 18.7 Å². The molecule has 0 saturated carbocycles. The van der Waals surface area contributed by atoms with E-state index in [0.29, 0.717) is 18.0 Å². The number of anilines is 1. The van der Waals surface area contributed by atoms with Crippen LogP contribution in [0.3, 0.4) is 0 Å². The molecule has 0 saturated heterocycles. The maximum Gasteiger partial charge on any atom is 0.174 e. The first-order valence-electron chi connectivity index (χ1n) is 5.58. The molecule has 2 rings (SSSR count). The Kier molecular flexibility index (Phi) is 4.64. The molecule has 2 aromatic rings. The number of nitrogens with one attached hydrogen (secondary N) is 2. The topological polar surface area (TPSA) is 44.3 Å². The van der Waals surface area contributed by atoms with Gasteiger partial charge in [0.25, 0.3) is 0 Å². The Morgan fingerprint density at radius 1 is 1.33 bits per heavy atom. The zero-order chi connectivity index (χ0) is 13.0. The van der Waals surface area contributed by atoms with E-state index in [2.05, 4.69) is 10.6 Å². The number of hydrogen-bond donors (Lipinski definition) is 3. The lowest BCUT2D eigenvalue weighted by Crippen LogP contribution is -2.37. The summed E-state index contributed by atoms with van der Waals surface area (Å²) < 4.78 is 0. The van der Waals surface area contributed by atoms with E-state index in [4.69, 9.17) is 11.6 Å². The third-order valence-corrected chi connectivity index (χ3v) is 4.86. The third-order valence-electron chi connectivity index (χ3n) is 2.58. The zero-order valence-corrected chi connectivity index (χ0v) is 12.3. The Hall–Kier alpha value is -0.590. The number of halogens is 1. The van der Waals surface area contributed by atoms with E-state index in [9.17, 15) is 5.11 Å². The van der Waals surface area contributed by atoms with Gasteiger partial charge in [0.05, 0.1) is 14.9 Å². The van der Waals surface area contributed by atoms with Crippen LogP contribution in [0.4, 0.5) is 5.00 Å². The normalized spacial score (nSPS) is 14.4. The summed E-state index contributed by atoms with van der Waals surface area (Å²) in [7, 11) is 1.86. The van der Waals surface area contributed by atoms with Crippen LogP contribution < -0.4 is 10.6 Å². The Labute approximate surface area is 119 Å². The molecule has 3 nitrogen and oxygen atoms in total. The standard InChI is InChI=1S/C12H15ClN2OS2/c1-14-6-5-12(16,11-9(13)4-8-18-11)15-10-3-2-7-17-10/h2-4,7-8,14-16H,5-6H2,1H3. The molecule has 0 aliphatic heterocycles. The molecular weight excluding hydrogens is 288 g/mol. The van der Waals surface area contributed by atoms with Crippen molar-refractivity contribution in [1.82, 2.24) is 5.32 Å². The van der Waals surface area contributed by atoms with Gasteiger partial charge < -0.3 is 15.7 Å². The van der Waals surface area contributed by atoms with Gasteiger partial charge in [0, 0.05) is 6.42 Å². The molecule has 1 atom stereocenters. The summed E-state index contributed by atoms with van der Waals surface area (Å²) in [5, 5.41) is 22.4. The quantitative estimate of drug-likeness (QED) is 0.717. The van der Waals surface area contributed by atoms with E-state index in [1.54, 1.807) is 11.3 Å². The van der Waals surface area contributed by atoms with E-state index in [1.165, 1.54) is 11.3 Å². The highest BCUT2D eigenvalue weighted by atomic mass is 35.5. The van der Waals surface area contributed by atoms with Gasteiger partial charge in [-0.2, -0.15) is 0 Å². The first-order chi connectivity index (χ1) is 8.65. The van der Waals surface area contributed by atoms with Gasteiger partial charge in [-0.25, -0.2) is 0 Å². The smallest absolute Gasteiger partial charge is 0.174 e. The van der Waals surface area contributed by atoms with Crippen LogP contribution in [0.5, 0.6) is 0 Å². The summed E-state index contributed by atoms with van der Waals surface area (Å²) in [6, 6.07) is 5.69. The monoisotopic (exact) mass is 302 g/mol. The average molecular weight is 303 g/mol. The SMILES string of the molecule is CNCCC(O)(Nc1cccs1)c1sccc1Cl. The molecule has 0 fully saturated rings. The second-order valence-electron chi connectivity index (χ2n) is 3.91. The molecule has 0 aliphatic rings. The highest BCUT2D eigenvalue weighted by Gasteiger charge is 2.32. The van der Waals surface area contributed by atoms with E-state index in [1.807, 2.05) is 36.0 Å². The van der Waals surface area contributed by atoms with E-state index >= 15 is 0 Å². The third kappa shape index (κ3) is 3.05. The molecule has 18 heavy (non-hydrogen) atoms. The van der Waals surface area contributed by atoms with Crippen molar-refractivity contribution in [2.45, 2.75) is 12.1 Å². The summed E-state index contributed by atoms with van der Waals surface area (Å²) >= 11 is 9.15. The van der Waals surface area contributed by atoms with Crippen LogP contribution in [0.15, 0.2) is 29.0 Å². The number of hydrogen-bond acceptors (Lipinski definition) is 5. The average Bonchev–Trinajstić information content (AvgIpc) is 2.98. The van der Waals surface area contributed by atoms with Crippen molar-refractivity contribution in [3.8, 4) is 0 Å². The molecule has 0 aromatic carbocycles. The van der Waals surface area contributed by atoms with Gasteiger partial charge >= 0.3 is 0 Å². The van der Waals surface area contributed by atoms with Crippen LogP contribution in [0, 0.1) is 0 Å². The van der Waals surface area contributed by atoms with E-state index < -0.39 is 5.72 Å². The van der Waals surface area contributed by atoms with Gasteiger partial charge in [0.1, 0.15) is 0 Å². The summed E-state index contributed by atoms with van der Waals surface area (Å²) in [6.07, 6.45) is 0.543. The molecule has 98 valence electrons. The first-order valence-corrected chi connectivity index (χ1v) is 7.71. The van der Waals surface area contributed by atoms with Gasteiger partial charge in [-0.1, -0.05) is 11.6 Å². The fourth-order valence-electron chi connectivity index (χ4n) is 1.68. The Morgan fingerprint density at radius 3 is 2.72 bits per heavy atom. The van der Waals surface area contributed by atoms with Crippen LogP contribution in [0.2, 0.25) is 5.02 Å². The van der Waals surface area contributed by atoms with Crippen LogP contribution in [-0.2, 0) is 5.72 Å². The number of thiophene rings is 2. The molecule has 0 bridgehead atoms. The Bertz CT molecular complexity index is 486. The summed E-state index contributed by atoms with van der Waals surface area (Å²) in [6.45, 7) is 0.698. The second-order valence-corrected chi connectivity index (χ2v) is 6.18. The van der Waals surface area contributed by atoms with Crippen LogP contribution in [0.1, 0.15) is 11.3 Å². The largest absolute Gasteiger partial charge is 0.366 e. The van der Waals surface area contributed by atoms with Crippen molar-refractivity contribution in [1.29, 1.82) is 0 Å². The van der Waals surface area contributed by atoms with Gasteiger partial charge in [0.15, 0.2) is 5.72 Å². The second kappa shape index (κ2) is 6.04. The molecule has 3 N–H and O–H groups in total. The van der Waals surface area contributed by atoms with E-state index in [0.717, 1.165) is 9.88 Å². The van der Waals surface area contributed by atoms with Crippen LogP contribution >= 0.6 is 34.3 Å². The van der Waals surface area contributed by atoms with Crippen LogP contribution in [0.25, 0.3) is 0 Å². The van der Waals surface area contributed by atoms with Gasteiger partial charge in [-0.3, -0.25) is 0 Å². The molecule has 0 radical (unpaired) electrons. The highest BCUT2D eigenvalue weighted by molar-refractivity contribution is 7.14. The predicted molar refractivity (Wildman–Crippen MR) is 79.7 cm³/mol. The molecule has 2 heterocycles. The molecule has 0 amide bonds. The first kappa shape index (κ1) is 13.8. The lowest BCUT2D eigenvalue weighted by atomic mass is 10.1. The fourth-order valence-corrected chi connectivity index (χ4v) is 3.67. The highest BCUT2D eigenvalue weighted by Crippen LogP contribution is 2.37. The predicted octanol–water partition coefficient (Wildman–Crippen LogP) is 3.33. The molecular formula is C12H15ClN2OS2. The molecule has 0 aliphatic carbocycles. The fraction of sp³-hybridized carbons (Fsp3) is 0.333. The number of rotatable bonds is 6. The summed E-state index contributed by atoms with van der Waals surface area (Å²) in [5.74, 6) is 0. The van der Waals surface area contributed by atoms with Crippen molar-refractivity contribution in [2.75, 3.05) is 18.9 Å². The minimum Gasteiger partial charge on any atom is -0.366 e. The minimum atomic E-state index is -1.13. The Balaban J connectivity index is 2.25.